The zero-order valence-electron chi connectivity index (χ0n) is 12.6. The Kier molecular flexibility index (Phi) is 4.38. The molecule has 0 aliphatic carbocycles. The molecule has 0 radical (unpaired) electrons. The number of ether oxygens (including phenoxy) is 1. The number of carbonyl (C=O) groups is 1. The Bertz CT molecular complexity index is 739. The smallest absolute Gasteiger partial charge is 0.324 e. The lowest BCUT2D eigenvalue weighted by Crippen LogP contribution is -2.46. The molecule has 2 aliphatic heterocycles. The minimum Gasteiger partial charge on any atom is -0.378 e. The highest BCUT2D eigenvalue weighted by Crippen LogP contribution is 2.21. The van der Waals surface area contributed by atoms with Gasteiger partial charge in [0, 0.05) is 25.8 Å². The Labute approximate surface area is 135 Å². The summed E-state index contributed by atoms with van der Waals surface area (Å²) in [5, 5.41) is 5.17. The molecule has 2 amide bonds. The van der Waals surface area contributed by atoms with E-state index in [1.165, 1.54) is 6.07 Å². The topological polar surface area (TPSA) is 92.9 Å². The molecule has 1 aromatic rings. The van der Waals surface area contributed by atoms with Gasteiger partial charge in [0.2, 0.25) is 10.0 Å². The number of urea groups is 1. The summed E-state index contributed by atoms with van der Waals surface area (Å²) in [4.78, 5) is 16.0. The second-order valence-electron chi connectivity index (χ2n) is 5.55. The quantitative estimate of drug-likeness (QED) is 0.813. The molecule has 0 aromatic heterocycles. The zero-order valence-corrected chi connectivity index (χ0v) is 13.5. The van der Waals surface area contributed by atoms with Gasteiger partial charge in [-0.05, 0) is 35.8 Å². The molecule has 7 nitrogen and oxygen atoms in total. The summed E-state index contributed by atoms with van der Waals surface area (Å²) in [6, 6.07) is 4.75. The van der Waals surface area contributed by atoms with E-state index in [4.69, 9.17) is 9.88 Å². The van der Waals surface area contributed by atoms with Gasteiger partial charge in [-0.15, -0.1) is 0 Å². The van der Waals surface area contributed by atoms with E-state index in [0.29, 0.717) is 39.3 Å². The fraction of sp³-hybridized carbons (Fsp3) is 0.400. The lowest BCUT2D eigenvalue weighted by atomic mass is 10.1. The number of nitrogens with zero attached hydrogens (tertiary/aromatic N) is 2. The third kappa shape index (κ3) is 3.54. The summed E-state index contributed by atoms with van der Waals surface area (Å²) >= 11 is 0. The molecule has 23 heavy (non-hydrogen) atoms. The van der Waals surface area contributed by atoms with Gasteiger partial charge < -0.3 is 14.5 Å². The summed E-state index contributed by atoms with van der Waals surface area (Å²) in [5.74, 6) is 0. The number of sulfonamides is 1. The average Bonchev–Trinajstić information content (AvgIpc) is 2.76. The lowest BCUT2D eigenvalue weighted by molar-refractivity contribution is 0.0468. The molecule has 8 heteroatoms. The number of primary sulfonamides is 1. The van der Waals surface area contributed by atoms with Crippen molar-refractivity contribution >= 4 is 22.1 Å². The van der Waals surface area contributed by atoms with Crippen molar-refractivity contribution in [2.45, 2.75) is 11.3 Å². The predicted octanol–water partition coefficient (Wildman–Crippen LogP) is 0.615. The number of fused-ring (bicyclic) bond motifs is 1. The molecule has 0 atom stereocenters. The van der Waals surface area contributed by atoms with Crippen LogP contribution in [0.2, 0.25) is 0 Å². The Balaban J connectivity index is 1.80. The largest absolute Gasteiger partial charge is 0.378 e. The number of carbonyl (C=O) groups excluding carboxylic acids is 1. The highest BCUT2D eigenvalue weighted by atomic mass is 32.2. The summed E-state index contributed by atoms with van der Waals surface area (Å²) in [7, 11) is -3.73. The highest BCUT2D eigenvalue weighted by molar-refractivity contribution is 7.89. The van der Waals surface area contributed by atoms with Gasteiger partial charge in [0.15, 0.2) is 0 Å². The number of hydrogen-bond donors (Lipinski definition) is 1. The second kappa shape index (κ2) is 6.31. The SMILES string of the molecule is NS(=O)(=O)c1ccc2c(c1)C=CN(C(=O)N1CCOCC1)CC2. The molecular formula is C15H19N3O4S. The molecule has 1 saturated heterocycles. The van der Waals surface area contributed by atoms with Gasteiger partial charge in [-0.2, -0.15) is 0 Å². The summed E-state index contributed by atoms with van der Waals surface area (Å²) < 4.78 is 28.2. The van der Waals surface area contributed by atoms with Crippen molar-refractivity contribution in [3.8, 4) is 0 Å². The van der Waals surface area contributed by atoms with E-state index < -0.39 is 10.0 Å². The first-order valence-corrected chi connectivity index (χ1v) is 8.97. The minimum atomic E-state index is -3.73. The number of benzene rings is 1. The first-order chi connectivity index (χ1) is 10.9. The maximum absolute atomic E-state index is 12.5. The Morgan fingerprint density at radius 3 is 2.61 bits per heavy atom. The lowest BCUT2D eigenvalue weighted by Gasteiger charge is -2.31. The van der Waals surface area contributed by atoms with Gasteiger partial charge in [-0.25, -0.2) is 18.4 Å². The Morgan fingerprint density at radius 2 is 1.91 bits per heavy atom. The van der Waals surface area contributed by atoms with E-state index in [1.54, 1.807) is 34.2 Å². The zero-order chi connectivity index (χ0) is 16.4. The molecule has 2 heterocycles. The third-order valence-corrected chi connectivity index (χ3v) is 4.94. The number of morpholine rings is 1. The van der Waals surface area contributed by atoms with E-state index in [1.807, 2.05) is 0 Å². The summed E-state index contributed by atoms with van der Waals surface area (Å²) in [5.41, 5.74) is 1.76. The van der Waals surface area contributed by atoms with Crippen LogP contribution in [-0.2, 0) is 21.2 Å². The minimum absolute atomic E-state index is 0.0518. The summed E-state index contributed by atoms with van der Waals surface area (Å²) in [6.45, 7) is 2.84. The number of amides is 2. The first kappa shape index (κ1) is 16.0. The highest BCUT2D eigenvalue weighted by Gasteiger charge is 2.23. The van der Waals surface area contributed by atoms with Crippen molar-refractivity contribution in [2.24, 2.45) is 5.14 Å². The van der Waals surface area contributed by atoms with Crippen LogP contribution in [0, 0.1) is 0 Å². The average molecular weight is 337 g/mol. The first-order valence-electron chi connectivity index (χ1n) is 7.42. The van der Waals surface area contributed by atoms with Crippen LogP contribution in [0.5, 0.6) is 0 Å². The monoisotopic (exact) mass is 337 g/mol. The van der Waals surface area contributed by atoms with E-state index >= 15 is 0 Å². The third-order valence-electron chi connectivity index (χ3n) is 4.03. The van der Waals surface area contributed by atoms with Gasteiger partial charge in [0.05, 0.1) is 18.1 Å². The summed E-state index contributed by atoms with van der Waals surface area (Å²) in [6.07, 6.45) is 4.12. The van der Waals surface area contributed by atoms with E-state index in [0.717, 1.165) is 11.1 Å². The van der Waals surface area contributed by atoms with Gasteiger partial charge >= 0.3 is 6.03 Å². The van der Waals surface area contributed by atoms with Crippen molar-refractivity contribution in [2.75, 3.05) is 32.8 Å². The molecule has 2 N–H and O–H groups in total. The van der Waals surface area contributed by atoms with Crippen molar-refractivity contribution in [3.63, 3.8) is 0 Å². The molecule has 1 fully saturated rings. The van der Waals surface area contributed by atoms with Crippen LogP contribution in [0.25, 0.3) is 6.08 Å². The van der Waals surface area contributed by atoms with Crippen LogP contribution in [-0.4, -0.2) is 57.1 Å². The molecule has 3 rings (SSSR count). The number of nitrogens with two attached hydrogens (primary N) is 1. The predicted molar refractivity (Wildman–Crippen MR) is 85.0 cm³/mol. The molecule has 2 aliphatic rings. The molecular weight excluding hydrogens is 318 g/mol. The van der Waals surface area contributed by atoms with E-state index in [-0.39, 0.29) is 10.9 Å². The van der Waals surface area contributed by atoms with E-state index in [9.17, 15) is 13.2 Å². The fourth-order valence-corrected chi connectivity index (χ4v) is 3.26. The molecule has 124 valence electrons. The molecule has 0 saturated carbocycles. The molecule has 0 unspecified atom stereocenters. The van der Waals surface area contributed by atoms with Gasteiger partial charge in [0.1, 0.15) is 0 Å². The maximum Gasteiger partial charge on any atom is 0.324 e. The fourth-order valence-electron chi connectivity index (χ4n) is 2.71. The number of rotatable bonds is 1. The molecule has 0 bridgehead atoms. The van der Waals surface area contributed by atoms with Crippen molar-refractivity contribution in [1.29, 1.82) is 0 Å². The van der Waals surface area contributed by atoms with Crippen LogP contribution in [0.3, 0.4) is 0 Å². The van der Waals surface area contributed by atoms with Crippen LogP contribution >= 0.6 is 0 Å². The van der Waals surface area contributed by atoms with Crippen LogP contribution in [0.4, 0.5) is 4.79 Å². The van der Waals surface area contributed by atoms with Crippen molar-refractivity contribution < 1.29 is 17.9 Å². The molecule has 0 spiro atoms. The van der Waals surface area contributed by atoms with Gasteiger partial charge in [-0.3, -0.25) is 0 Å². The van der Waals surface area contributed by atoms with Gasteiger partial charge in [-0.1, -0.05) is 6.07 Å². The van der Waals surface area contributed by atoms with Crippen LogP contribution < -0.4 is 5.14 Å². The number of hydrogen-bond acceptors (Lipinski definition) is 4. The van der Waals surface area contributed by atoms with Crippen molar-refractivity contribution in [3.05, 3.63) is 35.5 Å². The second-order valence-corrected chi connectivity index (χ2v) is 7.11. The maximum atomic E-state index is 12.5. The van der Waals surface area contributed by atoms with Crippen molar-refractivity contribution in [1.82, 2.24) is 9.80 Å². The normalized spacial score (nSPS) is 18.5. The van der Waals surface area contributed by atoms with Crippen LogP contribution in [0.15, 0.2) is 29.3 Å². The standard InChI is InChI=1S/C15H19N3O4S/c16-23(20,21)14-2-1-12-3-5-17(6-4-13(12)11-14)15(19)18-7-9-22-10-8-18/h1-2,4,6,11H,3,5,7-10H2,(H2,16,20,21). The van der Waals surface area contributed by atoms with E-state index in [2.05, 4.69) is 0 Å². The Hall–Kier alpha value is -1.90. The van der Waals surface area contributed by atoms with Gasteiger partial charge in [0.25, 0.3) is 0 Å². The Morgan fingerprint density at radius 1 is 1.17 bits per heavy atom. The van der Waals surface area contributed by atoms with Crippen LogP contribution in [0.1, 0.15) is 11.1 Å². The molecule has 1 aromatic carbocycles.